The van der Waals surface area contributed by atoms with E-state index in [1.807, 2.05) is 17.9 Å². The zero-order valence-electron chi connectivity index (χ0n) is 14.7. The monoisotopic (exact) mass is 363 g/mol. The van der Waals surface area contributed by atoms with E-state index >= 15 is 0 Å². The Morgan fingerprint density at radius 3 is 2.92 bits per heavy atom. The normalized spacial score (nSPS) is 22.9. The van der Waals surface area contributed by atoms with Crippen LogP contribution in [0.3, 0.4) is 0 Å². The van der Waals surface area contributed by atoms with Crippen LogP contribution >= 0.6 is 0 Å². The molecule has 2 aliphatic heterocycles. The molecule has 0 saturated carbocycles. The Bertz CT molecular complexity index is 789. The number of benzene rings is 1. The molecule has 1 fully saturated rings. The Hall–Kier alpha value is -1.89. The van der Waals surface area contributed by atoms with Gasteiger partial charge in [-0.3, -0.25) is 4.79 Å². The van der Waals surface area contributed by atoms with Crippen molar-refractivity contribution in [3.8, 4) is 0 Å². The molecule has 0 spiro atoms. The molecule has 7 heteroatoms. The van der Waals surface area contributed by atoms with Crippen LogP contribution in [0.15, 0.2) is 33.6 Å². The summed E-state index contributed by atoms with van der Waals surface area (Å²) in [6, 6.07) is 7.05. The summed E-state index contributed by atoms with van der Waals surface area (Å²) in [6.07, 6.45) is 3.66. The third-order valence-corrected chi connectivity index (χ3v) is 6.14. The van der Waals surface area contributed by atoms with E-state index in [-0.39, 0.29) is 22.8 Å². The van der Waals surface area contributed by atoms with E-state index < -0.39 is 10.0 Å². The summed E-state index contributed by atoms with van der Waals surface area (Å²) in [5.41, 5.74) is 0.642. The van der Waals surface area contributed by atoms with Gasteiger partial charge >= 0.3 is 0 Å². The zero-order valence-corrected chi connectivity index (χ0v) is 15.6. The maximum atomic E-state index is 12.5. The summed E-state index contributed by atoms with van der Waals surface area (Å²) < 4.78 is 28.5. The lowest BCUT2D eigenvalue weighted by Gasteiger charge is -2.33. The topological polar surface area (TPSA) is 78.8 Å². The van der Waals surface area contributed by atoms with E-state index in [2.05, 4.69) is 16.6 Å². The van der Waals surface area contributed by atoms with Gasteiger partial charge in [-0.2, -0.15) is 8.42 Å². The summed E-state index contributed by atoms with van der Waals surface area (Å²) in [7, 11) is -3.62. The predicted octanol–water partition coefficient (Wildman–Crippen LogP) is 2.15. The second kappa shape index (κ2) is 7.15. The Labute approximate surface area is 149 Å². The maximum Gasteiger partial charge on any atom is 0.285 e. The molecule has 1 N–H and O–H groups in total. The minimum Gasteiger partial charge on any atom is -0.355 e. The molecule has 136 valence electrons. The third kappa shape index (κ3) is 3.71. The number of nitrogens with one attached hydrogen (secondary N) is 1. The minimum atomic E-state index is -3.62. The first kappa shape index (κ1) is 17.9. The number of hydrogen-bond acceptors (Lipinski definition) is 4. The van der Waals surface area contributed by atoms with Crippen LogP contribution in [0.25, 0.3) is 0 Å². The van der Waals surface area contributed by atoms with Crippen molar-refractivity contribution < 1.29 is 13.2 Å². The first-order valence-electron chi connectivity index (χ1n) is 8.92. The van der Waals surface area contributed by atoms with Crippen molar-refractivity contribution in [3.63, 3.8) is 0 Å². The van der Waals surface area contributed by atoms with Gasteiger partial charge in [0.1, 0.15) is 4.90 Å². The fourth-order valence-corrected chi connectivity index (χ4v) is 4.79. The Balaban J connectivity index is 1.75. The first-order chi connectivity index (χ1) is 11.9. The molecule has 1 aromatic carbocycles. The van der Waals surface area contributed by atoms with Crippen molar-refractivity contribution in [1.82, 2.24) is 10.2 Å². The molecule has 0 bridgehead atoms. The molecule has 25 heavy (non-hydrogen) atoms. The van der Waals surface area contributed by atoms with Gasteiger partial charge in [0, 0.05) is 24.7 Å². The number of piperidine rings is 1. The predicted molar refractivity (Wildman–Crippen MR) is 97.0 cm³/mol. The second-order valence-corrected chi connectivity index (χ2v) is 8.44. The van der Waals surface area contributed by atoms with Crippen LogP contribution in [-0.2, 0) is 14.8 Å². The van der Waals surface area contributed by atoms with Gasteiger partial charge in [0.05, 0.1) is 5.92 Å². The molecule has 6 nitrogen and oxygen atoms in total. The number of amidine groups is 1. The quantitative estimate of drug-likeness (QED) is 0.889. The van der Waals surface area contributed by atoms with E-state index in [4.69, 9.17) is 0 Å². The van der Waals surface area contributed by atoms with E-state index in [1.54, 1.807) is 18.2 Å². The van der Waals surface area contributed by atoms with Crippen LogP contribution in [0.1, 0.15) is 45.1 Å². The zero-order chi connectivity index (χ0) is 18.0. The van der Waals surface area contributed by atoms with Gasteiger partial charge in [0.15, 0.2) is 5.84 Å². The van der Waals surface area contributed by atoms with E-state index in [1.165, 1.54) is 0 Å². The van der Waals surface area contributed by atoms with Crippen LogP contribution in [0.2, 0.25) is 0 Å². The first-order valence-corrected chi connectivity index (χ1v) is 10.4. The van der Waals surface area contributed by atoms with Crippen LogP contribution in [0, 0.1) is 5.92 Å². The number of rotatable bonds is 4. The van der Waals surface area contributed by atoms with Gasteiger partial charge in [0.25, 0.3) is 10.0 Å². The number of carbonyl (C=O) groups is 1. The number of nitrogens with zero attached hydrogens (tertiary/aromatic N) is 2. The van der Waals surface area contributed by atoms with E-state index in [9.17, 15) is 13.2 Å². The highest BCUT2D eigenvalue weighted by molar-refractivity contribution is 7.90. The number of fused-ring (bicyclic) bond motifs is 1. The summed E-state index contributed by atoms with van der Waals surface area (Å²) in [5.74, 6) is 0.404. The average Bonchev–Trinajstić information content (AvgIpc) is 2.87. The Kier molecular flexibility index (Phi) is 5.13. The van der Waals surface area contributed by atoms with Crippen molar-refractivity contribution in [2.24, 2.45) is 10.3 Å². The number of hydrogen-bond donors (Lipinski definition) is 1. The van der Waals surface area contributed by atoms with E-state index in [0.717, 1.165) is 32.2 Å². The Morgan fingerprint density at radius 2 is 2.16 bits per heavy atom. The highest BCUT2D eigenvalue weighted by atomic mass is 32.2. The van der Waals surface area contributed by atoms with Gasteiger partial charge in [0.2, 0.25) is 5.91 Å². The van der Waals surface area contributed by atoms with Crippen LogP contribution in [0.4, 0.5) is 0 Å². The molecule has 0 aromatic heterocycles. The molecule has 2 aliphatic rings. The molecule has 1 aromatic rings. The van der Waals surface area contributed by atoms with Crippen molar-refractivity contribution >= 4 is 21.8 Å². The molecule has 1 amide bonds. The summed E-state index contributed by atoms with van der Waals surface area (Å²) in [5, 5.41) is 3.07. The van der Waals surface area contributed by atoms with Crippen molar-refractivity contribution in [2.45, 2.75) is 50.5 Å². The molecule has 2 atom stereocenters. The molecule has 2 heterocycles. The Morgan fingerprint density at radius 1 is 1.40 bits per heavy atom. The number of carbonyl (C=O) groups excluding carboxylic acids is 1. The van der Waals surface area contributed by atoms with Gasteiger partial charge in [-0.1, -0.05) is 25.5 Å². The largest absolute Gasteiger partial charge is 0.355 e. The smallest absolute Gasteiger partial charge is 0.285 e. The van der Waals surface area contributed by atoms with Gasteiger partial charge in [-0.05, 0) is 38.3 Å². The molecular formula is C18H25N3O3S. The maximum absolute atomic E-state index is 12.5. The minimum absolute atomic E-state index is 0.0559. The average molecular weight is 363 g/mol. The molecule has 0 aliphatic carbocycles. The number of likely N-dealkylation sites (tertiary alicyclic amines) is 1. The van der Waals surface area contributed by atoms with Crippen molar-refractivity contribution in [2.75, 3.05) is 13.1 Å². The lowest BCUT2D eigenvalue weighted by atomic mass is 9.96. The van der Waals surface area contributed by atoms with Gasteiger partial charge < -0.3 is 10.2 Å². The second-order valence-electron chi connectivity index (χ2n) is 6.87. The fourth-order valence-electron chi connectivity index (χ4n) is 3.57. The standard InChI is InChI=1S/C18H25N3O3S/c1-3-7-13(2)19-18(22)14-8-6-11-21(12-14)17-15-9-4-5-10-16(15)25(23,24)20-17/h4-5,9-10,13-14H,3,6-8,11-12H2,1-2H3,(H,19,22)/t13-,14-/m1/s1. The lowest BCUT2D eigenvalue weighted by Crippen LogP contribution is -2.47. The highest BCUT2D eigenvalue weighted by Gasteiger charge is 2.35. The summed E-state index contributed by atoms with van der Waals surface area (Å²) in [4.78, 5) is 14.7. The third-order valence-electron chi connectivity index (χ3n) is 4.81. The molecular weight excluding hydrogens is 338 g/mol. The lowest BCUT2D eigenvalue weighted by molar-refractivity contribution is -0.126. The molecule has 0 radical (unpaired) electrons. The van der Waals surface area contributed by atoms with Crippen molar-refractivity contribution in [3.05, 3.63) is 29.8 Å². The number of sulfonamides is 1. The van der Waals surface area contributed by atoms with Gasteiger partial charge in [-0.15, -0.1) is 4.40 Å². The fraction of sp³-hybridized carbons (Fsp3) is 0.556. The van der Waals surface area contributed by atoms with Crippen LogP contribution in [-0.4, -0.2) is 44.2 Å². The van der Waals surface area contributed by atoms with Crippen molar-refractivity contribution in [1.29, 1.82) is 0 Å². The SMILES string of the molecule is CCC[C@@H](C)NC(=O)[C@@H]1CCCN(C2=NS(=O)(=O)c3ccccc32)C1. The van der Waals surface area contributed by atoms with E-state index in [0.29, 0.717) is 17.9 Å². The summed E-state index contributed by atoms with van der Waals surface area (Å²) >= 11 is 0. The van der Waals surface area contributed by atoms with Crippen LogP contribution in [0.5, 0.6) is 0 Å². The highest BCUT2D eigenvalue weighted by Crippen LogP contribution is 2.29. The van der Waals surface area contributed by atoms with Crippen LogP contribution < -0.4 is 5.32 Å². The van der Waals surface area contributed by atoms with Gasteiger partial charge in [-0.25, -0.2) is 0 Å². The number of amides is 1. The molecule has 3 rings (SSSR count). The molecule has 0 unspecified atom stereocenters. The molecule has 1 saturated heterocycles. The summed E-state index contributed by atoms with van der Waals surface area (Å²) in [6.45, 7) is 5.34.